The van der Waals surface area contributed by atoms with Gasteiger partial charge in [-0.25, -0.2) is 4.98 Å². The molecule has 130 valence electrons. The Balaban J connectivity index is 1.55. The molecule has 3 heterocycles. The van der Waals surface area contributed by atoms with Gasteiger partial charge in [-0.2, -0.15) is 5.10 Å². The zero-order valence-corrected chi connectivity index (χ0v) is 14.3. The number of amides is 1. The van der Waals surface area contributed by atoms with E-state index in [4.69, 9.17) is 4.74 Å². The number of nitrogens with zero attached hydrogens (tertiary/aromatic N) is 5. The summed E-state index contributed by atoms with van der Waals surface area (Å²) in [5.41, 5.74) is 0.767. The molecule has 1 N–H and O–H groups in total. The second kappa shape index (κ2) is 7.04. The minimum absolute atomic E-state index is 0.110. The molecule has 1 unspecified atom stereocenters. The first kappa shape index (κ1) is 16.5. The summed E-state index contributed by atoms with van der Waals surface area (Å²) in [5, 5.41) is 7.21. The number of carbonyl (C=O) groups excluding carboxylic acids is 1. The van der Waals surface area contributed by atoms with Crippen molar-refractivity contribution in [3.05, 3.63) is 30.4 Å². The van der Waals surface area contributed by atoms with Crippen molar-refractivity contribution in [3.63, 3.8) is 0 Å². The number of carbonyl (C=O) groups is 1. The number of imidazole rings is 1. The lowest BCUT2D eigenvalue weighted by Gasteiger charge is -2.33. The number of rotatable bonds is 5. The summed E-state index contributed by atoms with van der Waals surface area (Å²) < 4.78 is 9.04. The molecule has 1 aliphatic rings. The molecule has 1 saturated heterocycles. The second-order valence-corrected chi connectivity index (χ2v) is 6.17. The number of ether oxygens (including phenoxy) is 1. The van der Waals surface area contributed by atoms with Crippen LogP contribution in [-0.2, 0) is 23.6 Å². The number of hydrogen-bond acceptors (Lipinski definition) is 5. The van der Waals surface area contributed by atoms with Crippen LogP contribution in [0.1, 0.15) is 24.5 Å². The van der Waals surface area contributed by atoms with Gasteiger partial charge in [0.25, 0.3) is 5.91 Å². The molecule has 0 aromatic carbocycles. The molecule has 2 aromatic heterocycles. The van der Waals surface area contributed by atoms with Gasteiger partial charge in [-0.3, -0.25) is 9.48 Å². The van der Waals surface area contributed by atoms with Crippen LogP contribution in [-0.4, -0.2) is 51.5 Å². The number of anilines is 1. The van der Waals surface area contributed by atoms with Gasteiger partial charge in [-0.15, -0.1) is 0 Å². The van der Waals surface area contributed by atoms with Crippen molar-refractivity contribution in [1.82, 2.24) is 24.6 Å². The normalized spacial score (nSPS) is 17.0. The van der Waals surface area contributed by atoms with Crippen molar-refractivity contribution in [2.24, 2.45) is 14.1 Å². The summed E-state index contributed by atoms with van der Waals surface area (Å²) in [5.74, 6) is 0.867. The van der Waals surface area contributed by atoms with E-state index in [0.717, 1.165) is 37.4 Å². The Morgan fingerprint density at radius 2 is 2.12 bits per heavy atom. The lowest BCUT2D eigenvalue weighted by molar-refractivity contribution is -0.132. The van der Waals surface area contributed by atoms with E-state index in [2.05, 4.69) is 20.3 Å². The molecule has 1 atom stereocenters. The van der Waals surface area contributed by atoms with Crippen molar-refractivity contribution in [2.75, 3.05) is 25.1 Å². The summed E-state index contributed by atoms with van der Waals surface area (Å²) in [7, 11) is 5.36. The first-order valence-electron chi connectivity index (χ1n) is 8.12. The summed E-state index contributed by atoms with van der Waals surface area (Å²) in [6.45, 7) is 1.75. The lowest BCUT2D eigenvalue weighted by atomic mass is 10.0. The van der Waals surface area contributed by atoms with Gasteiger partial charge in [0.15, 0.2) is 6.10 Å². The summed E-state index contributed by atoms with van der Waals surface area (Å²) in [4.78, 5) is 19.1. The number of nitrogens with one attached hydrogen (secondary N) is 1. The smallest absolute Gasteiger partial charge is 0.254 e. The van der Waals surface area contributed by atoms with E-state index >= 15 is 0 Å². The Labute approximate surface area is 141 Å². The molecule has 2 aromatic rings. The maximum Gasteiger partial charge on any atom is 0.254 e. The lowest BCUT2D eigenvalue weighted by Crippen LogP contribution is -2.46. The summed E-state index contributed by atoms with van der Waals surface area (Å²) in [6.07, 6.45) is 8.38. The standard InChI is InChI=1S/C16H24N6O2/c1-20-9-6-17-16(20)22-7-4-13(5-8-22)19-15(23)14(24-3)12-10-18-21(2)11-12/h6,9-11,13-14H,4-5,7-8H2,1-3H3,(H,19,23). The Morgan fingerprint density at radius 3 is 2.67 bits per heavy atom. The third-order valence-electron chi connectivity index (χ3n) is 4.42. The van der Waals surface area contributed by atoms with Gasteiger partial charge >= 0.3 is 0 Å². The fourth-order valence-electron chi connectivity index (χ4n) is 3.13. The molecule has 0 radical (unpaired) electrons. The van der Waals surface area contributed by atoms with Crippen LogP contribution in [0.3, 0.4) is 0 Å². The van der Waals surface area contributed by atoms with Gasteiger partial charge in [-0.05, 0) is 12.8 Å². The largest absolute Gasteiger partial charge is 0.367 e. The average molecular weight is 332 g/mol. The monoisotopic (exact) mass is 332 g/mol. The van der Waals surface area contributed by atoms with Crippen molar-refractivity contribution in [3.8, 4) is 0 Å². The zero-order chi connectivity index (χ0) is 17.1. The van der Waals surface area contributed by atoms with E-state index < -0.39 is 6.10 Å². The summed E-state index contributed by atoms with van der Waals surface area (Å²) in [6, 6.07) is 0.156. The minimum Gasteiger partial charge on any atom is -0.367 e. The molecule has 8 heteroatoms. The predicted octanol–water partition coefficient (Wildman–Crippen LogP) is 0.626. The number of hydrogen-bond donors (Lipinski definition) is 1. The Hall–Kier alpha value is -2.35. The first-order chi connectivity index (χ1) is 11.6. The second-order valence-electron chi connectivity index (χ2n) is 6.17. The van der Waals surface area contributed by atoms with Crippen LogP contribution in [0.2, 0.25) is 0 Å². The molecule has 1 fully saturated rings. The van der Waals surface area contributed by atoms with Crippen LogP contribution < -0.4 is 10.2 Å². The van der Waals surface area contributed by atoms with Crippen LogP contribution in [0.25, 0.3) is 0 Å². The molecule has 0 aliphatic carbocycles. The SMILES string of the molecule is COC(C(=O)NC1CCN(c2nccn2C)CC1)c1cnn(C)c1. The van der Waals surface area contributed by atoms with Crippen LogP contribution in [0, 0.1) is 0 Å². The van der Waals surface area contributed by atoms with Crippen LogP contribution in [0.4, 0.5) is 5.95 Å². The first-order valence-corrected chi connectivity index (χ1v) is 8.12. The maximum absolute atomic E-state index is 12.5. The van der Waals surface area contributed by atoms with Crippen molar-refractivity contribution in [1.29, 1.82) is 0 Å². The number of methoxy groups -OCH3 is 1. The molecule has 0 saturated carbocycles. The highest BCUT2D eigenvalue weighted by atomic mass is 16.5. The van der Waals surface area contributed by atoms with E-state index in [-0.39, 0.29) is 11.9 Å². The third-order valence-corrected chi connectivity index (χ3v) is 4.42. The van der Waals surface area contributed by atoms with Gasteiger partial charge in [0.1, 0.15) is 0 Å². The van der Waals surface area contributed by atoms with E-state index in [0.29, 0.717) is 0 Å². The van der Waals surface area contributed by atoms with Crippen LogP contribution in [0.15, 0.2) is 24.8 Å². The van der Waals surface area contributed by atoms with E-state index in [1.165, 1.54) is 0 Å². The summed E-state index contributed by atoms with van der Waals surface area (Å²) >= 11 is 0. The van der Waals surface area contributed by atoms with Crippen LogP contribution in [0.5, 0.6) is 0 Å². The van der Waals surface area contributed by atoms with Crippen molar-refractivity contribution in [2.45, 2.75) is 25.0 Å². The molecule has 1 aliphatic heterocycles. The molecule has 1 amide bonds. The molecular weight excluding hydrogens is 308 g/mol. The highest BCUT2D eigenvalue weighted by Gasteiger charge is 2.27. The predicted molar refractivity (Wildman–Crippen MR) is 89.5 cm³/mol. The van der Waals surface area contributed by atoms with Gasteiger partial charge in [-0.1, -0.05) is 0 Å². The maximum atomic E-state index is 12.5. The fraction of sp³-hybridized carbons (Fsp3) is 0.562. The number of piperidine rings is 1. The fourth-order valence-corrected chi connectivity index (χ4v) is 3.13. The van der Waals surface area contributed by atoms with Gasteiger partial charge < -0.3 is 19.5 Å². The molecular formula is C16H24N6O2. The Kier molecular flexibility index (Phi) is 4.84. The topological polar surface area (TPSA) is 77.2 Å². The minimum atomic E-state index is -0.619. The number of aryl methyl sites for hydroxylation is 2. The Bertz CT molecular complexity index is 686. The van der Waals surface area contributed by atoms with Crippen LogP contribution >= 0.6 is 0 Å². The molecule has 3 rings (SSSR count). The van der Waals surface area contributed by atoms with Gasteiger partial charge in [0.2, 0.25) is 5.95 Å². The van der Waals surface area contributed by atoms with Crippen molar-refractivity contribution >= 4 is 11.9 Å². The van der Waals surface area contributed by atoms with E-state index in [1.54, 1.807) is 30.4 Å². The third kappa shape index (κ3) is 3.43. The highest BCUT2D eigenvalue weighted by molar-refractivity contribution is 5.82. The van der Waals surface area contributed by atoms with Gasteiger partial charge in [0.05, 0.1) is 6.20 Å². The Morgan fingerprint density at radius 1 is 1.38 bits per heavy atom. The van der Waals surface area contributed by atoms with E-state index in [1.807, 2.05) is 24.9 Å². The van der Waals surface area contributed by atoms with Crippen molar-refractivity contribution < 1.29 is 9.53 Å². The molecule has 0 bridgehead atoms. The highest BCUT2D eigenvalue weighted by Crippen LogP contribution is 2.20. The molecule has 8 nitrogen and oxygen atoms in total. The zero-order valence-electron chi connectivity index (χ0n) is 14.3. The average Bonchev–Trinajstić information content (AvgIpc) is 3.18. The molecule has 0 spiro atoms. The number of aromatic nitrogens is 4. The molecule has 24 heavy (non-hydrogen) atoms. The van der Waals surface area contributed by atoms with Gasteiger partial charge in [0, 0.05) is 64.5 Å². The van der Waals surface area contributed by atoms with E-state index in [9.17, 15) is 4.79 Å². The quantitative estimate of drug-likeness (QED) is 0.869.